The Balaban J connectivity index is 1.23. The largest absolute Gasteiger partial charge is 0.375 e. The topological polar surface area (TPSA) is 8.17 Å². The molecular weight excluding hydrogens is 699 g/mol. The van der Waals surface area contributed by atoms with Gasteiger partial charge in [0.05, 0.1) is 0 Å². The molecule has 0 radical (unpaired) electrons. The van der Waals surface area contributed by atoms with Crippen molar-refractivity contribution in [1.29, 1.82) is 0 Å². The van der Waals surface area contributed by atoms with E-state index >= 15 is 0 Å². The normalized spacial score (nSPS) is 12.8. The quantitative estimate of drug-likeness (QED) is 0.130. The van der Waals surface area contributed by atoms with Crippen LogP contribution in [0, 0.1) is 6.92 Å². The number of nitrogens with zero attached hydrogens (tertiary/aromatic N) is 2. The van der Waals surface area contributed by atoms with Crippen molar-refractivity contribution in [2.45, 2.75) is 6.92 Å². The first-order chi connectivity index (χ1) is 28.7. The summed E-state index contributed by atoms with van der Waals surface area (Å²) in [6.45, 7) is 2.31. The molecule has 0 saturated heterocycles. The molecule has 268 valence electrons. The Morgan fingerprint density at radius 2 is 1.05 bits per heavy atom. The first-order valence-electron chi connectivity index (χ1n) is 20.3. The van der Waals surface area contributed by atoms with E-state index in [0.29, 0.717) is 0 Å². The van der Waals surface area contributed by atoms with Gasteiger partial charge in [0.2, 0.25) is 0 Å². The van der Waals surface area contributed by atoms with E-state index in [9.17, 15) is 0 Å². The molecule has 2 nitrogen and oxygen atoms in total. The number of benzene rings is 10. The van der Waals surface area contributed by atoms with E-state index in [4.69, 9.17) is 0 Å². The molecule has 0 unspecified atom stereocenters. The number of aromatic nitrogens is 1. The molecule has 0 amide bonds. The summed E-state index contributed by atoms with van der Waals surface area (Å²) in [4.78, 5) is 2.62. The van der Waals surface area contributed by atoms with Crippen LogP contribution in [0.1, 0.15) is 5.56 Å². The number of anilines is 3. The highest BCUT2D eigenvalue weighted by Gasteiger charge is 2.44. The number of fused-ring (bicyclic) bond motifs is 11. The Bertz CT molecular complexity index is 3470. The van der Waals surface area contributed by atoms with Gasteiger partial charge in [-0.1, -0.05) is 152 Å². The van der Waals surface area contributed by atoms with Crippen molar-refractivity contribution in [3.8, 4) is 33.4 Å². The summed E-state index contributed by atoms with van der Waals surface area (Å²) in [5.41, 5.74) is 17.7. The summed E-state index contributed by atoms with van der Waals surface area (Å²) in [6.07, 6.45) is 0. The lowest BCUT2D eigenvalue weighted by Gasteiger charge is -2.42. The number of rotatable bonds is 3. The van der Waals surface area contributed by atoms with Gasteiger partial charge in [0.15, 0.2) is 0 Å². The second-order valence-corrected chi connectivity index (χ2v) is 16.1. The van der Waals surface area contributed by atoms with Crippen LogP contribution >= 0.6 is 0 Å². The number of aryl methyl sites for hydroxylation is 1. The van der Waals surface area contributed by atoms with Gasteiger partial charge < -0.3 is 9.38 Å². The Kier molecular flexibility index (Phi) is 6.49. The maximum absolute atomic E-state index is 2.68. The second kappa shape index (κ2) is 11.8. The van der Waals surface area contributed by atoms with Crippen LogP contribution in [0.15, 0.2) is 194 Å². The summed E-state index contributed by atoms with van der Waals surface area (Å²) in [6, 6.07) is 72.5. The zero-order valence-electron chi connectivity index (χ0n) is 31.9. The van der Waals surface area contributed by atoms with Gasteiger partial charge in [0.1, 0.15) is 0 Å². The lowest BCUT2D eigenvalue weighted by atomic mass is 9.44. The van der Waals surface area contributed by atoms with Gasteiger partial charge >= 0.3 is 6.85 Å². The smallest absolute Gasteiger partial charge is 0.333 e. The number of hydrogen-bond donors (Lipinski definition) is 0. The van der Waals surface area contributed by atoms with Crippen LogP contribution in [-0.2, 0) is 0 Å². The fourth-order valence-electron chi connectivity index (χ4n) is 10.6. The van der Waals surface area contributed by atoms with Gasteiger partial charge in [0.25, 0.3) is 0 Å². The van der Waals surface area contributed by atoms with Crippen molar-refractivity contribution >= 4 is 89.0 Å². The van der Waals surface area contributed by atoms with Crippen LogP contribution in [0.4, 0.5) is 17.1 Å². The van der Waals surface area contributed by atoms with E-state index < -0.39 is 0 Å². The summed E-state index contributed by atoms with van der Waals surface area (Å²) < 4.78 is 2.68. The maximum atomic E-state index is 2.68. The fraction of sp³-hybridized carbons (Fsp3) is 0.0182. The van der Waals surface area contributed by atoms with Crippen LogP contribution in [0.25, 0.3) is 87.5 Å². The van der Waals surface area contributed by atoms with Crippen molar-refractivity contribution in [3.63, 3.8) is 0 Å². The molecule has 2 aliphatic rings. The number of para-hydroxylation sites is 2. The Hall–Kier alpha value is -7.36. The molecular formula is C55H35BN2. The average molecular weight is 735 g/mol. The van der Waals surface area contributed by atoms with E-state index in [1.165, 1.54) is 115 Å². The third kappa shape index (κ3) is 4.33. The van der Waals surface area contributed by atoms with Crippen molar-refractivity contribution < 1.29 is 0 Å². The van der Waals surface area contributed by atoms with Gasteiger partial charge in [0, 0.05) is 44.4 Å². The van der Waals surface area contributed by atoms with Crippen molar-refractivity contribution in [3.05, 3.63) is 200 Å². The van der Waals surface area contributed by atoms with E-state index in [1.54, 1.807) is 0 Å². The van der Waals surface area contributed by atoms with Crippen molar-refractivity contribution in [1.82, 2.24) is 4.48 Å². The van der Waals surface area contributed by atoms with Crippen LogP contribution in [-0.4, -0.2) is 11.3 Å². The van der Waals surface area contributed by atoms with Crippen molar-refractivity contribution in [2.24, 2.45) is 0 Å². The van der Waals surface area contributed by atoms with E-state index in [-0.39, 0.29) is 6.85 Å². The molecule has 10 aromatic carbocycles. The summed E-state index contributed by atoms with van der Waals surface area (Å²) in [5.74, 6) is 0. The molecule has 0 saturated carbocycles. The Morgan fingerprint density at radius 3 is 1.79 bits per heavy atom. The lowest BCUT2D eigenvalue weighted by molar-refractivity contribution is 1.25. The van der Waals surface area contributed by atoms with E-state index in [1.807, 2.05) is 0 Å². The molecule has 0 N–H and O–H groups in total. The molecule has 0 bridgehead atoms. The lowest BCUT2D eigenvalue weighted by Crippen LogP contribution is -2.57. The van der Waals surface area contributed by atoms with Crippen LogP contribution in [0.2, 0.25) is 0 Å². The summed E-state index contributed by atoms with van der Waals surface area (Å²) >= 11 is 0. The average Bonchev–Trinajstić information content (AvgIpc) is 3.62. The van der Waals surface area contributed by atoms with E-state index in [2.05, 4.69) is 210 Å². The van der Waals surface area contributed by atoms with E-state index in [0.717, 1.165) is 5.69 Å². The molecule has 2 aliphatic heterocycles. The minimum Gasteiger partial charge on any atom is -0.375 e. The summed E-state index contributed by atoms with van der Waals surface area (Å²) in [5, 5.41) is 10.2. The molecule has 0 atom stereocenters. The van der Waals surface area contributed by atoms with Crippen LogP contribution in [0.3, 0.4) is 0 Å². The van der Waals surface area contributed by atoms with Gasteiger partial charge in [-0.25, -0.2) is 0 Å². The highest BCUT2D eigenvalue weighted by molar-refractivity contribution is 6.90. The molecule has 0 fully saturated rings. The second-order valence-electron chi connectivity index (χ2n) is 16.1. The highest BCUT2D eigenvalue weighted by Crippen LogP contribution is 2.50. The molecule has 13 rings (SSSR count). The third-order valence-corrected chi connectivity index (χ3v) is 13.0. The van der Waals surface area contributed by atoms with Gasteiger partial charge in [-0.05, 0) is 126 Å². The zero-order chi connectivity index (χ0) is 38.1. The highest BCUT2D eigenvalue weighted by atomic mass is 15.2. The first kappa shape index (κ1) is 31.8. The first-order valence-corrected chi connectivity index (χ1v) is 20.3. The minimum atomic E-state index is -0.0429. The van der Waals surface area contributed by atoms with Gasteiger partial charge in [-0.3, -0.25) is 0 Å². The Labute approximate surface area is 337 Å². The SMILES string of the molecule is Cc1c2c(cc3cc4ccccc4cc13)B1c3c(cc4ccccc4c3-c3cccc4c5ccccc5n1c34)N2c1cc(-c2ccccc2)cc(-c2ccccc2)c1. The monoisotopic (exact) mass is 734 g/mol. The molecule has 3 heterocycles. The third-order valence-electron chi connectivity index (χ3n) is 13.0. The number of hydrogen-bond acceptors (Lipinski definition) is 1. The minimum absolute atomic E-state index is 0.0429. The Morgan fingerprint density at radius 1 is 0.431 bits per heavy atom. The predicted molar refractivity (Wildman–Crippen MR) is 248 cm³/mol. The predicted octanol–water partition coefficient (Wildman–Crippen LogP) is 13.3. The summed E-state index contributed by atoms with van der Waals surface area (Å²) in [7, 11) is 0. The molecule has 1 aromatic heterocycles. The maximum Gasteiger partial charge on any atom is 0.333 e. The molecule has 0 spiro atoms. The fourth-order valence-corrected chi connectivity index (χ4v) is 10.6. The van der Waals surface area contributed by atoms with Crippen LogP contribution in [0.5, 0.6) is 0 Å². The van der Waals surface area contributed by atoms with Crippen LogP contribution < -0.4 is 15.8 Å². The molecule has 0 aliphatic carbocycles. The molecule has 11 aromatic rings. The zero-order valence-corrected chi connectivity index (χ0v) is 31.9. The molecule has 58 heavy (non-hydrogen) atoms. The van der Waals surface area contributed by atoms with Gasteiger partial charge in [-0.15, -0.1) is 0 Å². The standard InChI is InChI=1S/C55H35BN2/c1-34-48-31-38-20-9-8-19-37(38)27-42(48)32-49-54(34)57(43-29-40(35-15-4-2-5-16-35)28-41(30-43)36-17-6-3-7-18-36)51-33-39-21-10-11-22-44(39)52-47-25-14-24-46-45-23-12-13-26-50(45)58(55(46)47)56(49)53(51)52/h2-33H,1H3. The molecule has 3 heteroatoms. The van der Waals surface area contributed by atoms with Crippen molar-refractivity contribution in [2.75, 3.05) is 4.90 Å². The van der Waals surface area contributed by atoms with Gasteiger partial charge in [-0.2, -0.15) is 0 Å².